The number of rotatable bonds is 3. The molecule has 0 amide bonds. The highest BCUT2D eigenvalue weighted by molar-refractivity contribution is 5.53. The van der Waals surface area contributed by atoms with Crippen molar-refractivity contribution >= 4 is 5.52 Å². The van der Waals surface area contributed by atoms with Gasteiger partial charge in [0.25, 0.3) is 0 Å². The minimum atomic E-state index is 0.116. The van der Waals surface area contributed by atoms with Crippen molar-refractivity contribution in [3.63, 3.8) is 0 Å². The Bertz CT molecular complexity index is 597. The number of aryl methyl sites for hydroxylation is 1. The molecule has 0 spiro atoms. The van der Waals surface area contributed by atoms with Crippen LogP contribution < -0.4 is 0 Å². The molecule has 0 radical (unpaired) electrons. The zero-order valence-electron chi connectivity index (χ0n) is 12.6. The molecule has 0 saturated carbocycles. The van der Waals surface area contributed by atoms with Crippen molar-refractivity contribution in [3.8, 4) is 0 Å². The van der Waals surface area contributed by atoms with E-state index < -0.39 is 0 Å². The van der Waals surface area contributed by atoms with Gasteiger partial charge < -0.3 is 4.74 Å². The van der Waals surface area contributed by atoms with E-state index in [-0.39, 0.29) is 5.41 Å². The minimum absolute atomic E-state index is 0.116. The maximum absolute atomic E-state index is 5.42. The van der Waals surface area contributed by atoms with E-state index in [2.05, 4.69) is 49.1 Å². The van der Waals surface area contributed by atoms with Gasteiger partial charge in [-0.05, 0) is 24.1 Å². The Hall–Kier alpha value is -1.39. The van der Waals surface area contributed by atoms with Crippen LogP contribution in [0.1, 0.15) is 25.0 Å². The third kappa shape index (κ3) is 2.58. The Morgan fingerprint density at radius 1 is 1.25 bits per heavy atom. The molecule has 0 unspecified atom stereocenters. The highest BCUT2D eigenvalue weighted by Gasteiger charge is 2.25. The van der Waals surface area contributed by atoms with Crippen molar-refractivity contribution in [2.75, 3.05) is 32.8 Å². The van der Waals surface area contributed by atoms with Crippen LogP contribution in [0.2, 0.25) is 0 Å². The van der Waals surface area contributed by atoms with E-state index in [1.807, 2.05) is 10.7 Å². The SMILES string of the molecule is Cc1cnn2cc(C(C)(C)CN3CCOCC3)ccc12. The summed E-state index contributed by atoms with van der Waals surface area (Å²) in [4.78, 5) is 2.49. The molecule has 1 saturated heterocycles. The van der Waals surface area contributed by atoms with Gasteiger partial charge in [0.05, 0.1) is 24.9 Å². The van der Waals surface area contributed by atoms with Gasteiger partial charge in [-0.15, -0.1) is 0 Å². The molecule has 3 heterocycles. The maximum Gasteiger partial charge on any atom is 0.0690 e. The second kappa shape index (κ2) is 5.19. The minimum Gasteiger partial charge on any atom is -0.379 e. The van der Waals surface area contributed by atoms with Gasteiger partial charge in [-0.1, -0.05) is 19.9 Å². The van der Waals surface area contributed by atoms with Crippen molar-refractivity contribution < 1.29 is 4.74 Å². The van der Waals surface area contributed by atoms with E-state index in [9.17, 15) is 0 Å². The molecule has 0 N–H and O–H groups in total. The molecule has 2 aromatic rings. The second-order valence-corrected chi connectivity index (χ2v) is 6.35. The molecule has 4 heteroatoms. The first kappa shape index (κ1) is 13.6. The van der Waals surface area contributed by atoms with Gasteiger partial charge in [0.2, 0.25) is 0 Å². The predicted molar refractivity (Wildman–Crippen MR) is 80.2 cm³/mol. The average molecular weight is 273 g/mol. The molecule has 0 bridgehead atoms. The first-order valence-electron chi connectivity index (χ1n) is 7.31. The molecule has 0 aromatic carbocycles. The van der Waals surface area contributed by atoms with Gasteiger partial charge in [0.1, 0.15) is 0 Å². The lowest BCUT2D eigenvalue weighted by Gasteiger charge is -2.35. The molecule has 20 heavy (non-hydrogen) atoms. The van der Waals surface area contributed by atoms with Crippen molar-refractivity contribution in [2.45, 2.75) is 26.2 Å². The van der Waals surface area contributed by atoms with Crippen LogP contribution in [-0.2, 0) is 10.2 Å². The van der Waals surface area contributed by atoms with Crippen LogP contribution in [0.15, 0.2) is 24.5 Å². The number of hydrogen-bond donors (Lipinski definition) is 0. The molecular weight excluding hydrogens is 250 g/mol. The predicted octanol–water partition coefficient (Wildman–Crippen LogP) is 2.25. The largest absolute Gasteiger partial charge is 0.379 e. The van der Waals surface area contributed by atoms with Gasteiger partial charge in [-0.3, -0.25) is 4.90 Å². The maximum atomic E-state index is 5.42. The summed E-state index contributed by atoms with van der Waals surface area (Å²) in [5.74, 6) is 0. The van der Waals surface area contributed by atoms with Crippen LogP contribution in [0.3, 0.4) is 0 Å². The first-order valence-corrected chi connectivity index (χ1v) is 7.31. The lowest BCUT2D eigenvalue weighted by Crippen LogP contribution is -2.43. The Balaban J connectivity index is 1.83. The number of fused-ring (bicyclic) bond motifs is 1. The Labute approximate surface area is 120 Å². The number of aromatic nitrogens is 2. The molecule has 0 atom stereocenters. The average Bonchev–Trinajstić information content (AvgIpc) is 2.81. The molecule has 1 aliphatic rings. The van der Waals surface area contributed by atoms with E-state index in [4.69, 9.17) is 4.74 Å². The van der Waals surface area contributed by atoms with E-state index in [1.165, 1.54) is 16.6 Å². The van der Waals surface area contributed by atoms with Crippen LogP contribution in [0.5, 0.6) is 0 Å². The summed E-state index contributed by atoms with van der Waals surface area (Å²) in [6, 6.07) is 4.42. The van der Waals surface area contributed by atoms with Gasteiger partial charge >= 0.3 is 0 Å². The molecule has 0 aliphatic carbocycles. The number of nitrogens with zero attached hydrogens (tertiary/aromatic N) is 3. The van der Waals surface area contributed by atoms with Crippen LogP contribution in [0, 0.1) is 6.92 Å². The quantitative estimate of drug-likeness (QED) is 0.859. The number of morpholine rings is 1. The number of ether oxygens (including phenoxy) is 1. The topological polar surface area (TPSA) is 29.8 Å². The fraction of sp³-hybridized carbons (Fsp3) is 0.562. The van der Waals surface area contributed by atoms with E-state index in [0.29, 0.717) is 0 Å². The van der Waals surface area contributed by atoms with Crippen molar-refractivity contribution in [1.29, 1.82) is 0 Å². The van der Waals surface area contributed by atoms with Crippen molar-refractivity contribution in [1.82, 2.24) is 14.5 Å². The third-order valence-electron chi connectivity index (χ3n) is 4.21. The third-order valence-corrected chi connectivity index (χ3v) is 4.21. The second-order valence-electron chi connectivity index (χ2n) is 6.35. The summed E-state index contributed by atoms with van der Waals surface area (Å²) in [5.41, 5.74) is 3.86. The highest BCUT2D eigenvalue weighted by Crippen LogP contribution is 2.25. The standard InChI is InChI=1S/C16H23N3O/c1-13-10-17-19-11-14(4-5-15(13)19)16(2,3)12-18-6-8-20-9-7-18/h4-5,10-11H,6-9,12H2,1-3H3. The molecule has 3 rings (SSSR count). The lowest BCUT2D eigenvalue weighted by molar-refractivity contribution is 0.0295. The molecule has 2 aromatic heterocycles. The summed E-state index contributed by atoms with van der Waals surface area (Å²) in [5, 5.41) is 4.42. The van der Waals surface area contributed by atoms with Gasteiger partial charge in [0, 0.05) is 31.2 Å². The van der Waals surface area contributed by atoms with Crippen LogP contribution in [0.4, 0.5) is 0 Å². The summed E-state index contributed by atoms with van der Waals surface area (Å²) in [6.07, 6.45) is 4.09. The van der Waals surface area contributed by atoms with Crippen LogP contribution in [-0.4, -0.2) is 47.4 Å². The summed E-state index contributed by atoms with van der Waals surface area (Å²) in [7, 11) is 0. The number of pyridine rings is 1. The first-order chi connectivity index (χ1) is 9.56. The normalized spacial score (nSPS) is 17.8. The Kier molecular flexibility index (Phi) is 3.52. The number of hydrogen-bond acceptors (Lipinski definition) is 3. The van der Waals surface area contributed by atoms with Crippen LogP contribution >= 0.6 is 0 Å². The zero-order valence-corrected chi connectivity index (χ0v) is 12.6. The Morgan fingerprint density at radius 3 is 2.75 bits per heavy atom. The molecule has 1 fully saturated rings. The van der Waals surface area contributed by atoms with Crippen molar-refractivity contribution in [3.05, 3.63) is 35.7 Å². The molecule has 108 valence electrons. The fourth-order valence-electron chi connectivity index (χ4n) is 2.92. The van der Waals surface area contributed by atoms with Crippen molar-refractivity contribution in [2.24, 2.45) is 0 Å². The van der Waals surface area contributed by atoms with Gasteiger partial charge in [0.15, 0.2) is 0 Å². The van der Waals surface area contributed by atoms with E-state index in [1.54, 1.807) is 0 Å². The fourth-order valence-corrected chi connectivity index (χ4v) is 2.92. The van der Waals surface area contributed by atoms with E-state index in [0.717, 1.165) is 32.8 Å². The summed E-state index contributed by atoms with van der Waals surface area (Å²) >= 11 is 0. The van der Waals surface area contributed by atoms with Crippen LogP contribution in [0.25, 0.3) is 5.52 Å². The summed E-state index contributed by atoms with van der Waals surface area (Å²) < 4.78 is 7.42. The molecular formula is C16H23N3O. The molecule has 4 nitrogen and oxygen atoms in total. The van der Waals surface area contributed by atoms with Gasteiger partial charge in [-0.2, -0.15) is 5.10 Å². The van der Waals surface area contributed by atoms with Gasteiger partial charge in [-0.25, -0.2) is 4.52 Å². The highest BCUT2D eigenvalue weighted by atomic mass is 16.5. The zero-order chi connectivity index (χ0) is 14.2. The smallest absolute Gasteiger partial charge is 0.0690 e. The van der Waals surface area contributed by atoms with E-state index >= 15 is 0 Å². The lowest BCUT2D eigenvalue weighted by atomic mass is 9.85. The Morgan fingerprint density at radius 2 is 2.00 bits per heavy atom. The monoisotopic (exact) mass is 273 g/mol. The summed E-state index contributed by atoms with van der Waals surface area (Å²) in [6.45, 7) is 11.5. The molecule has 1 aliphatic heterocycles.